The molecular weight excluding hydrogens is 258 g/mol. The number of hydrogen-bond acceptors (Lipinski definition) is 4. The summed E-state index contributed by atoms with van der Waals surface area (Å²) in [5.41, 5.74) is 0.800. The second-order valence-electron chi connectivity index (χ2n) is 4.38. The van der Waals surface area contributed by atoms with Crippen LogP contribution < -0.4 is 5.32 Å². The Labute approximate surface area is 116 Å². The zero-order valence-electron chi connectivity index (χ0n) is 11.0. The summed E-state index contributed by atoms with van der Waals surface area (Å²) in [4.78, 5) is 25.3. The largest absolute Gasteiger partial charge is 0.378 e. The molecule has 1 aliphatic heterocycles. The molecule has 1 aromatic carbocycles. The highest BCUT2D eigenvalue weighted by Crippen LogP contribution is 2.14. The molecule has 1 saturated heterocycles. The van der Waals surface area contributed by atoms with Gasteiger partial charge in [-0.3, -0.25) is 9.59 Å². The predicted octanol–water partition coefficient (Wildman–Crippen LogP) is 0.746. The van der Waals surface area contributed by atoms with E-state index in [9.17, 15) is 9.59 Å². The number of nitrogens with zero attached hydrogens (tertiary/aromatic N) is 2. The molecule has 0 bridgehead atoms. The molecule has 1 N–H and O–H groups in total. The van der Waals surface area contributed by atoms with E-state index in [1.54, 1.807) is 29.2 Å². The number of hydrogen-bond donors (Lipinski definition) is 1. The van der Waals surface area contributed by atoms with Gasteiger partial charge in [-0.15, -0.1) is 0 Å². The Morgan fingerprint density at radius 2 is 2.00 bits per heavy atom. The Morgan fingerprint density at radius 3 is 2.70 bits per heavy atom. The van der Waals surface area contributed by atoms with Gasteiger partial charge in [-0.1, -0.05) is 12.1 Å². The number of nitriles is 1. The number of amides is 2. The molecule has 0 saturated carbocycles. The van der Waals surface area contributed by atoms with Crippen LogP contribution in [0.1, 0.15) is 12.0 Å². The van der Waals surface area contributed by atoms with Crippen LogP contribution in [0.15, 0.2) is 24.3 Å². The first-order valence-corrected chi connectivity index (χ1v) is 6.35. The summed E-state index contributed by atoms with van der Waals surface area (Å²) in [7, 11) is 0. The zero-order valence-corrected chi connectivity index (χ0v) is 11.0. The van der Waals surface area contributed by atoms with Crippen LogP contribution in [0.3, 0.4) is 0 Å². The molecule has 1 aromatic rings. The molecule has 6 nitrogen and oxygen atoms in total. The van der Waals surface area contributed by atoms with Crippen molar-refractivity contribution >= 4 is 17.5 Å². The van der Waals surface area contributed by atoms with Crippen molar-refractivity contribution in [2.75, 3.05) is 31.6 Å². The highest BCUT2D eigenvalue weighted by molar-refractivity contribution is 6.04. The van der Waals surface area contributed by atoms with Crippen molar-refractivity contribution in [1.29, 1.82) is 5.26 Å². The maximum absolute atomic E-state index is 11.9. The Bertz CT molecular complexity index is 545. The Morgan fingerprint density at radius 1 is 1.30 bits per heavy atom. The third kappa shape index (κ3) is 3.56. The summed E-state index contributed by atoms with van der Waals surface area (Å²) in [5.74, 6) is -0.635. The summed E-state index contributed by atoms with van der Waals surface area (Å²) in [6.45, 7) is 2.04. The van der Waals surface area contributed by atoms with E-state index in [-0.39, 0.29) is 12.3 Å². The van der Waals surface area contributed by atoms with E-state index in [2.05, 4.69) is 5.32 Å². The van der Waals surface area contributed by atoms with Crippen LogP contribution in [-0.4, -0.2) is 43.0 Å². The van der Waals surface area contributed by atoms with E-state index in [1.807, 2.05) is 6.07 Å². The van der Waals surface area contributed by atoms with E-state index in [0.717, 1.165) is 0 Å². The smallest absolute Gasteiger partial charge is 0.233 e. The normalized spacial score (nSPS) is 14.4. The van der Waals surface area contributed by atoms with Gasteiger partial charge in [-0.2, -0.15) is 5.26 Å². The Balaban J connectivity index is 1.92. The summed E-state index contributed by atoms with van der Waals surface area (Å²) in [5, 5.41) is 11.5. The third-order valence-corrected chi connectivity index (χ3v) is 3.00. The van der Waals surface area contributed by atoms with E-state index < -0.39 is 5.91 Å². The van der Waals surface area contributed by atoms with Gasteiger partial charge < -0.3 is 15.0 Å². The lowest BCUT2D eigenvalue weighted by atomic mass is 10.2. The Hall–Kier alpha value is -2.39. The molecule has 0 atom stereocenters. The van der Waals surface area contributed by atoms with Crippen LogP contribution in [0.25, 0.3) is 0 Å². The SMILES string of the molecule is N#Cc1ccccc1NC(=O)CC(=O)N1CCOCC1. The molecule has 2 rings (SSSR count). The lowest BCUT2D eigenvalue weighted by Gasteiger charge is -2.26. The summed E-state index contributed by atoms with van der Waals surface area (Å²) in [6.07, 6.45) is -0.222. The first kappa shape index (κ1) is 14.0. The average molecular weight is 273 g/mol. The minimum absolute atomic E-state index is 0.222. The van der Waals surface area contributed by atoms with Gasteiger partial charge in [0.25, 0.3) is 0 Å². The van der Waals surface area contributed by atoms with Crippen LogP contribution in [0.2, 0.25) is 0 Å². The molecular formula is C14H15N3O3. The molecule has 20 heavy (non-hydrogen) atoms. The van der Waals surface area contributed by atoms with Crippen LogP contribution in [0.5, 0.6) is 0 Å². The molecule has 1 fully saturated rings. The van der Waals surface area contributed by atoms with Crippen molar-refractivity contribution in [3.05, 3.63) is 29.8 Å². The molecule has 104 valence electrons. The average Bonchev–Trinajstić information content (AvgIpc) is 2.48. The Kier molecular flexibility index (Phi) is 4.69. The molecule has 6 heteroatoms. The number of morpholine rings is 1. The van der Waals surface area contributed by atoms with Crippen LogP contribution in [0.4, 0.5) is 5.69 Å². The molecule has 0 unspecified atom stereocenters. The second-order valence-corrected chi connectivity index (χ2v) is 4.38. The van der Waals surface area contributed by atoms with Gasteiger partial charge in [0.1, 0.15) is 12.5 Å². The lowest BCUT2D eigenvalue weighted by molar-refractivity contribution is -0.138. The van der Waals surface area contributed by atoms with Crippen molar-refractivity contribution in [3.63, 3.8) is 0 Å². The molecule has 1 heterocycles. The van der Waals surface area contributed by atoms with Crippen molar-refractivity contribution in [1.82, 2.24) is 4.90 Å². The van der Waals surface area contributed by atoms with Gasteiger partial charge in [-0.25, -0.2) is 0 Å². The van der Waals surface area contributed by atoms with Crippen molar-refractivity contribution in [3.8, 4) is 6.07 Å². The summed E-state index contributed by atoms with van der Waals surface area (Å²) < 4.78 is 5.15. The molecule has 0 aliphatic carbocycles. The number of anilines is 1. The van der Waals surface area contributed by atoms with Gasteiger partial charge in [0.05, 0.1) is 24.5 Å². The maximum atomic E-state index is 11.9. The summed E-state index contributed by atoms with van der Waals surface area (Å²) >= 11 is 0. The topological polar surface area (TPSA) is 82.4 Å². The highest BCUT2D eigenvalue weighted by Gasteiger charge is 2.19. The number of carbonyl (C=O) groups is 2. The molecule has 0 spiro atoms. The predicted molar refractivity (Wildman–Crippen MR) is 71.8 cm³/mol. The van der Waals surface area contributed by atoms with Crippen LogP contribution in [0, 0.1) is 11.3 Å². The minimum Gasteiger partial charge on any atom is -0.378 e. The van der Waals surface area contributed by atoms with E-state index in [4.69, 9.17) is 10.00 Å². The minimum atomic E-state index is -0.413. The molecule has 0 aromatic heterocycles. The number of nitrogens with one attached hydrogen (secondary N) is 1. The van der Waals surface area contributed by atoms with Crippen LogP contribution in [-0.2, 0) is 14.3 Å². The van der Waals surface area contributed by atoms with E-state index >= 15 is 0 Å². The number of ether oxygens (including phenoxy) is 1. The van der Waals surface area contributed by atoms with Gasteiger partial charge >= 0.3 is 0 Å². The monoisotopic (exact) mass is 273 g/mol. The van der Waals surface area contributed by atoms with Gasteiger partial charge in [0, 0.05) is 13.1 Å². The fraction of sp³-hybridized carbons (Fsp3) is 0.357. The van der Waals surface area contributed by atoms with Crippen LogP contribution >= 0.6 is 0 Å². The van der Waals surface area contributed by atoms with Crippen molar-refractivity contribution < 1.29 is 14.3 Å². The standard InChI is InChI=1S/C14H15N3O3/c15-10-11-3-1-2-4-12(11)16-13(18)9-14(19)17-5-7-20-8-6-17/h1-4H,5-9H2,(H,16,18). The highest BCUT2D eigenvalue weighted by atomic mass is 16.5. The van der Waals surface area contributed by atoms with Gasteiger partial charge in [-0.05, 0) is 12.1 Å². The fourth-order valence-corrected chi connectivity index (χ4v) is 1.95. The first-order chi connectivity index (χ1) is 9.70. The number of carbonyl (C=O) groups excluding carboxylic acids is 2. The van der Waals surface area contributed by atoms with Crippen molar-refractivity contribution in [2.24, 2.45) is 0 Å². The zero-order chi connectivity index (χ0) is 14.4. The first-order valence-electron chi connectivity index (χ1n) is 6.35. The number of rotatable bonds is 3. The van der Waals surface area contributed by atoms with E-state index in [0.29, 0.717) is 37.6 Å². The molecule has 0 radical (unpaired) electrons. The van der Waals surface area contributed by atoms with Crippen molar-refractivity contribution in [2.45, 2.75) is 6.42 Å². The molecule has 1 aliphatic rings. The van der Waals surface area contributed by atoms with E-state index in [1.165, 1.54) is 0 Å². The summed E-state index contributed by atoms with van der Waals surface area (Å²) in [6, 6.07) is 8.67. The second kappa shape index (κ2) is 6.68. The fourth-order valence-electron chi connectivity index (χ4n) is 1.95. The third-order valence-electron chi connectivity index (χ3n) is 3.00. The van der Waals surface area contributed by atoms with Gasteiger partial charge in [0.15, 0.2) is 0 Å². The molecule has 2 amide bonds. The number of para-hydroxylation sites is 1. The van der Waals surface area contributed by atoms with Gasteiger partial charge in [0.2, 0.25) is 11.8 Å². The maximum Gasteiger partial charge on any atom is 0.233 e. The lowest BCUT2D eigenvalue weighted by Crippen LogP contribution is -2.41. The quantitative estimate of drug-likeness (QED) is 0.824. The number of benzene rings is 1.